The highest BCUT2D eigenvalue weighted by atomic mass is 32.2. The summed E-state index contributed by atoms with van der Waals surface area (Å²) in [7, 11) is -3.70. The van der Waals surface area contributed by atoms with Crippen LogP contribution >= 0.6 is 0 Å². The number of anilines is 1. The van der Waals surface area contributed by atoms with Crippen molar-refractivity contribution >= 4 is 21.6 Å². The van der Waals surface area contributed by atoms with Gasteiger partial charge in [0, 0.05) is 51.9 Å². The molecule has 1 saturated heterocycles. The van der Waals surface area contributed by atoms with E-state index in [9.17, 15) is 17.6 Å². The Labute approximate surface area is 184 Å². The number of carbonyl (C=O) groups is 1. The lowest BCUT2D eigenvalue weighted by molar-refractivity contribution is -0.129. The van der Waals surface area contributed by atoms with Crippen molar-refractivity contribution in [2.45, 2.75) is 32.2 Å². The van der Waals surface area contributed by atoms with E-state index < -0.39 is 10.0 Å². The van der Waals surface area contributed by atoms with Crippen LogP contribution in [0.1, 0.15) is 26.3 Å². The summed E-state index contributed by atoms with van der Waals surface area (Å²) in [4.78, 5) is 15.7. The average molecular weight is 448 g/mol. The smallest absolute Gasteiger partial charge is 0.243 e. The highest BCUT2D eigenvalue weighted by molar-refractivity contribution is 7.89. The second-order valence-electron chi connectivity index (χ2n) is 8.30. The second-order valence-corrected chi connectivity index (χ2v) is 10.2. The van der Waals surface area contributed by atoms with Gasteiger partial charge in [-0.2, -0.15) is 4.31 Å². The number of sulfonamides is 1. The minimum Gasteiger partial charge on any atom is -0.368 e. The molecule has 168 valence electrons. The van der Waals surface area contributed by atoms with E-state index in [1.54, 1.807) is 31.2 Å². The summed E-state index contributed by atoms with van der Waals surface area (Å²) in [6.45, 7) is 8.83. The SMILES string of the molecule is CC(=O)N1CCN(c2ccc(S(=O)(=O)N(Cc3ccc(F)cc3)CC(C)C)cc2)CC1. The van der Waals surface area contributed by atoms with Crippen molar-refractivity contribution in [3.63, 3.8) is 0 Å². The van der Waals surface area contributed by atoms with Crippen LogP contribution < -0.4 is 4.90 Å². The van der Waals surface area contributed by atoms with Gasteiger partial charge in [0.25, 0.3) is 0 Å². The topological polar surface area (TPSA) is 60.9 Å². The molecular weight excluding hydrogens is 417 g/mol. The maximum absolute atomic E-state index is 13.3. The van der Waals surface area contributed by atoms with Crippen molar-refractivity contribution in [3.8, 4) is 0 Å². The first kappa shape index (κ1) is 23.2. The molecule has 0 spiro atoms. The highest BCUT2D eigenvalue weighted by Gasteiger charge is 2.26. The highest BCUT2D eigenvalue weighted by Crippen LogP contribution is 2.24. The minimum absolute atomic E-state index is 0.0764. The van der Waals surface area contributed by atoms with Gasteiger partial charge >= 0.3 is 0 Å². The summed E-state index contributed by atoms with van der Waals surface area (Å²) in [6.07, 6.45) is 0. The van der Waals surface area contributed by atoms with Gasteiger partial charge in [-0.1, -0.05) is 26.0 Å². The van der Waals surface area contributed by atoms with E-state index in [1.807, 2.05) is 30.9 Å². The Morgan fingerprint density at radius 1 is 1.00 bits per heavy atom. The van der Waals surface area contributed by atoms with Crippen LogP contribution in [0.2, 0.25) is 0 Å². The molecule has 31 heavy (non-hydrogen) atoms. The van der Waals surface area contributed by atoms with Crippen molar-refractivity contribution in [2.75, 3.05) is 37.6 Å². The average Bonchev–Trinajstić information content (AvgIpc) is 2.74. The Hall–Kier alpha value is -2.45. The summed E-state index contributed by atoms with van der Waals surface area (Å²) < 4.78 is 41.4. The van der Waals surface area contributed by atoms with Gasteiger partial charge in [0.2, 0.25) is 15.9 Å². The predicted octanol–water partition coefficient (Wildman–Crippen LogP) is 3.34. The van der Waals surface area contributed by atoms with E-state index in [-0.39, 0.29) is 29.1 Å². The quantitative estimate of drug-likeness (QED) is 0.653. The summed E-state index contributed by atoms with van der Waals surface area (Å²) >= 11 is 0. The number of carbonyl (C=O) groups excluding carboxylic acids is 1. The molecule has 3 rings (SSSR count). The predicted molar refractivity (Wildman–Crippen MR) is 120 cm³/mol. The fourth-order valence-electron chi connectivity index (χ4n) is 3.71. The molecule has 1 fully saturated rings. The maximum Gasteiger partial charge on any atom is 0.243 e. The van der Waals surface area contributed by atoms with Crippen LogP contribution in [-0.2, 0) is 21.4 Å². The maximum atomic E-state index is 13.3. The number of halogens is 1. The summed E-state index contributed by atoms with van der Waals surface area (Å²) in [5.41, 5.74) is 1.68. The number of amides is 1. The molecule has 0 N–H and O–H groups in total. The lowest BCUT2D eigenvalue weighted by Crippen LogP contribution is -2.48. The van der Waals surface area contributed by atoms with Gasteiger partial charge in [-0.25, -0.2) is 12.8 Å². The van der Waals surface area contributed by atoms with Crippen molar-refractivity contribution in [1.29, 1.82) is 0 Å². The molecule has 0 atom stereocenters. The molecule has 8 heteroatoms. The number of rotatable bonds is 7. The third kappa shape index (κ3) is 5.83. The molecule has 1 heterocycles. The molecule has 0 aromatic heterocycles. The van der Waals surface area contributed by atoms with Crippen LogP contribution in [0, 0.1) is 11.7 Å². The largest absolute Gasteiger partial charge is 0.368 e. The van der Waals surface area contributed by atoms with Crippen molar-refractivity contribution < 1.29 is 17.6 Å². The Bertz CT molecular complexity index is 984. The Balaban J connectivity index is 1.76. The standard InChI is InChI=1S/C23H30FN3O3S/c1-18(2)16-27(17-20-4-6-21(24)7-5-20)31(29,30)23-10-8-22(9-11-23)26-14-12-25(13-15-26)19(3)28/h4-11,18H,12-17H2,1-3H3. The van der Waals surface area contributed by atoms with Gasteiger partial charge < -0.3 is 9.80 Å². The van der Waals surface area contributed by atoms with Crippen molar-refractivity contribution in [2.24, 2.45) is 5.92 Å². The third-order valence-corrected chi connectivity index (χ3v) is 7.23. The minimum atomic E-state index is -3.70. The first-order chi connectivity index (χ1) is 14.7. The van der Waals surface area contributed by atoms with Gasteiger partial charge in [-0.05, 0) is 47.9 Å². The summed E-state index contributed by atoms with van der Waals surface area (Å²) in [6, 6.07) is 12.8. The van der Waals surface area contributed by atoms with Crippen LogP contribution in [0.15, 0.2) is 53.4 Å². The first-order valence-corrected chi connectivity index (χ1v) is 12.0. The Morgan fingerprint density at radius 2 is 1.58 bits per heavy atom. The number of hydrogen-bond acceptors (Lipinski definition) is 4. The molecular formula is C23H30FN3O3S. The number of hydrogen-bond donors (Lipinski definition) is 0. The zero-order valence-corrected chi connectivity index (χ0v) is 19.1. The van der Waals surface area contributed by atoms with E-state index >= 15 is 0 Å². The fraction of sp³-hybridized carbons (Fsp3) is 0.435. The van der Waals surface area contributed by atoms with E-state index in [2.05, 4.69) is 4.90 Å². The van der Waals surface area contributed by atoms with Gasteiger partial charge in [-0.15, -0.1) is 0 Å². The van der Waals surface area contributed by atoms with Gasteiger partial charge in [0.05, 0.1) is 4.90 Å². The summed E-state index contributed by atoms with van der Waals surface area (Å²) in [5, 5.41) is 0. The van der Waals surface area contributed by atoms with Crippen LogP contribution in [0.3, 0.4) is 0 Å². The van der Waals surface area contributed by atoms with E-state index in [4.69, 9.17) is 0 Å². The van der Waals surface area contributed by atoms with Gasteiger partial charge in [0.1, 0.15) is 5.82 Å². The molecule has 2 aromatic carbocycles. The molecule has 1 aliphatic rings. The lowest BCUT2D eigenvalue weighted by atomic mass is 10.2. The fourth-order valence-corrected chi connectivity index (χ4v) is 5.30. The third-order valence-electron chi connectivity index (χ3n) is 5.41. The molecule has 0 unspecified atom stereocenters. The molecule has 0 radical (unpaired) electrons. The second kappa shape index (κ2) is 9.78. The van der Waals surface area contributed by atoms with Crippen LogP contribution in [-0.4, -0.2) is 56.3 Å². The molecule has 0 aliphatic carbocycles. The van der Waals surface area contributed by atoms with Gasteiger partial charge in [-0.3, -0.25) is 4.79 Å². The van der Waals surface area contributed by atoms with Crippen molar-refractivity contribution in [3.05, 3.63) is 59.9 Å². The van der Waals surface area contributed by atoms with Crippen LogP contribution in [0.5, 0.6) is 0 Å². The Morgan fingerprint density at radius 3 is 2.10 bits per heavy atom. The van der Waals surface area contributed by atoms with Crippen molar-refractivity contribution in [1.82, 2.24) is 9.21 Å². The van der Waals surface area contributed by atoms with E-state index in [1.165, 1.54) is 16.4 Å². The molecule has 6 nitrogen and oxygen atoms in total. The van der Waals surface area contributed by atoms with E-state index in [0.29, 0.717) is 19.6 Å². The number of nitrogens with zero attached hydrogens (tertiary/aromatic N) is 3. The number of benzene rings is 2. The van der Waals surface area contributed by atoms with Gasteiger partial charge in [0.15, 0.2) is 0 Å². The van der Waals surface area contributed by atoms with Crippen LogP contribution in [0.4, 0.5) is 10.1 Å². The first-order valence-electron chi connectivity index (χ1n) is 10.5. The zero-order chi connectivity index (χ0) is 22.6. The van der Waals surface area contributed by atoms with Crippen LogP contribution in [0.25, 0.3) is 0 Å². The molecule has 0 saturated carbocycles. The van der Waals surface area contributed by atoms with E-state index in [0.717, 1.165) is 24.3 Å². The lowest BCUT2D eigenvalue weighted by Gasteiger charge is -2.35. The zero-order valence-electron chi connectivity index (χ0n) is 18.3. The molecule has 0 bridgehead atoms. The molecule has 1 aliphatic heterocycles. The molecule has 2 aromatic rings. The number of piperazine rings is 1. The monoisotopic (exact) mass is 447 g/mol. The normalized spacial score (nSPS) is 15.0. The molecule has 1 amide bonds. The Kier molecular flexibility index (Phi) is 7.33. The summed E-state index contributed by atoms with van der Waals surface area (Å²) in [5.74, 6) is -0.124.